The van der Waals surface area contributed by atoms with E-state index in [1.165, 1.54) is 0 Å². The summed E-state index contributed by atoms with van der Waals surface area (Å²) in [7, 11) is 0. The number of rotatable bonds is 1. The second-order valence-electron chi connectivity index (χ2n) is 2.70. The molecular formula is C9H8IN3. The molecule has 3 N–H and O–H groups in total. The smallest absolute Gasteiger partial charge is 0.135 e. The fourth-order valence-electron chi connectivity index (χ4n) is 1.23. The third-order valence-electron chi connectivity index (χ3n) is 1.86. The minimum Gasteiger partial charge on any atom is -0.398 e. The van der Waals surface area contributed by atoms with Crippen molar-refractivity contribution in [3.63, 3.8) is 0 Å². The van der Waals surface area contributed by atoms with Crippen molar-refractivity contribution in [3.05, 3.63) is 30.3 Å². The van der Waals surface area contributed by atoms with E-state index in [-0.39, 0.29) is 0 Å². The molecule has 1 aromatic heterocycles. The molecule has 2 aromatic rings. The molecule has 0 aliphatic rings. The van der Waals surface area contributed by atoms with Gasteiger partial charge in [-0.05, 0) is 24.3 Å². The number of fused-ring (bicyclic) bond motifs is 1. The van der Waals surface area contributed by atoms with Crippen LogP contribution in [0, 0.1) is 0 Å². The fourth-order valence-corrected chi connectivity index (χ4v) is 1.53. The van der Waals surface area contributed by atoms with Crippen molar-refractivity contribution in [1.82, 2.24) is 4.98 Å². The quantitative estimate of drug-likeness (QED) is 0.481. The molecule has 0 saturated heterocycles. The van der Waals surface area contributed by atoms with Crippen LogP contribution in [-0.4, -0.2) is 4.98 Å². The molecule has 0 aliphatic heterocycles. The molecule has 13 heavy (non-hydrogen) atoms. The summed E-state index contributed by atoms with van der Waals surface area (Å²) in [5, 5.41) is 0.998. The van der Waals surface area contributed by atoms with Gasteiger partial charge in [0.2, 0.25) is 0 Å². The molecule has 0 fully saturated rings. The number of hydrogen-bond donors (Lipinski definition) is 2. The van der Waals surface area contributed by atoms with E-state index in [9.17, 15) is 0 Å². The first-order valence-corrected chi connectivity index (χ1v) is 4.91. The Bertz CT molecular complexity index is 442. The number of nitrogen functional groups attached to an aromatic ring is 1. The molecule has 0 amide bonds. The molecule has 0 radical (unpaired) electrons. The first-order chi connectivity index (χ1) is 6.31. The van der Waals surface area contributed by atoms with E-state index in [4.69, 9.17) is 5.73 Å². The Morgan fingerprint density at radius 1 is 1.23 bits per heavy atom. The Morgan fingerprint density at radius 3 is 2.85 bits per heavy atom. The maximum atomic E-state index is 5.79. The summed E-state index contributed by atoms with van der Waals surface area (Å²) in [6.07, 6.45) is 0. The number of hydrogen-bond acceptors (Lipinski definition) is 3. The van der Waals surface area contributed by atoms with Gasteiger partial charge >= 0.3 is 0 Å². The lowest BCUT2D eigenvalue weighted by Gasteiger charge is -2.02. The monoisotopic (exact) mass is 285 g/mol. The number of pyridine rings is 1. The van der Waals surface area contributed by atoms with Crippen molar-refractivity contribution in [3.8, 4) is 0 Å². The van der Waals surface area contributed by atoms with Gasteiger partial charge in [-0.15, -0.1) is 0 Å². The molecule has 3 nitrogen and oxygen atoms in total. The minimum absolute atomic E-state index is 0.769. The number of anilines is 2. The topological polar surface area (TPSA) is 50.9 Å². The summed E-state index contributed by atoms with van der Waals surface area (Å²) >= 11 is 2.05. The Hall–Kier alpha value is -1.04. The Balaban J connectivity index is 2.72. The number of nitrogens with one attached hydrogen (secondary N) is 1. The highest BCUT2D eigenvalue weighted by molar-refractivity contribution is 14.1. The zero-order chi connectivity index (χ0) is 9.26. The van der Waals surface area contributed by atoms with Crippen molar-refractivity contribution in [1.29, 1.82) is 0 Å². The molecule has 0 atom stereocenters. The van der Waals surface area contributed by atoms with Gasteiger partial charge in [-0.1, -0.05) is 6.07 Å². The molecular weight excluding hydrogens is 277 g/mol. The highest BCUT2D eigenvalue weighted by atomic mass is 127. The van der Waals surface area contributed by atoms with Gasteiger partial charge in [0.05, 0.1) is 28.4 Å². The van der Waals surface area contributed by atoms with Gasteiger partial charge in [0, 0.05) is 11.1 Å². The standard InChI is InChI=1S/C9H8IN3/c10-13-9-5-4-6-7(11)2-1-3-8(6)12-9/h1-5H,11H2,(H,12,13). The highest BCUT2D eigenvalue weighted by Crippen LogP contribution is 2.21. The van der Waals surface area contributed by atoms with E-state index in [1.54, 1.807) is 0 Å². The van der Waals surface area contributed by atoms with Crippen LogP contribution in [0.15, 0.2) is 30.3 Å². The van der Waals surface area contributed by atoms with Gasteiger partial charge in [0.15, 0.2) is 0 Å². The van der Waals surface area contributed by atoms with Crippen LogP contribution < -0.4 is 9.26 Å². The third-order valence-corrected chi connectivity index (χ3v) is 2.42. The molecule has 1 heterocycles. The van der Waals surface area contributed by atoms with Crippen LogP contribution in [-0.2, 0) is 0 Å². The van der Waals surface area contributed by atoms with Crippen molar-refractivity contribution >= 4 is 45.3 Å². The number of nitrogens with zero attached hydrogens (tertiary/aromatic N) is 1. The lowest BCUT2D eigenvalue weighted by atomic mass is 10.2. The average molecular weight is 285 g/mol. The molecule has 66 valence electrons. The van der Waals surface area contributed by atoms with Gasteiger partial charge in [0.1, 0.15) is 5.82 Å². The second kappa shape index (κ2) is 3.37. The number of halogens is 1. The largest absolute Gasteiger partial charge is 0.398 e. The van der Waals surface area contributed by atoms with E-state index in [1.807, 2.05) is 30.3 Å². The molecule has 0 saturated carbocycles. The minimum atomic E-state index is 0.769. The Morgan fingerprint density at radius 2 is 2.08 bits per heavy atom. The maximum absolute atomic E-state index is 5.79. The maximum Gasteiger partial charge on any atom is 0.135 e. The van der Waals surface area contributed by atoms with Gasteiger partial charge in [0.25, 0.3) is 0 Å². The van der Waals surface area contributed by atoms with Crippen LogP contribution in [0.5, 0.6) is 0 Å². The molecule has 0 bridgehead atoms. The number of nitrogens with two attached hydrogens (primary N) is 1. The number of aromatic nitrogens is 1. The summed E-state index contributed by atoms with van der Waals surface area (Å²) in [5.41, 5.74) is 7.47. The Kier molecular flexibility index (Phi) is 2.22. The average Bonchev–Trinajstić information content (AvgIpc) is 2.18. The van der Waals surface area contributed by atoms with E-state index in [0.29, 0.717) is 0 Å². The first-order valence-electron chi connectivity index (χ1n) is 3.83. The third kappa shape index (κ3) is 1.53. The normalized spacial score (nSPS) is 10.2. The first kappa shape index (κ1) is 8.55. The van der Waals surface area contributed by atoms with Crippen LogP contribution in [0.3, 0.4) is 0 Å². The molecule has 0 unspecified atom stereocenters. The molecule has 0 aliphatic carbocycles. The van der Waals surface area contributed by atoms with Crippen molar-refractivity contribution in [2.45, 2.75) is 0 Å². The molecule has 4 heteroatoms. The SMILES string of the molecule is Nc1cccc2nc(NI)ccc12. The summed E-state index contributed by atoms with van der Waals surface area (Å²) in [6.45, 7) is 0. The van der Waals surface area contributed by atoms with Crippen molar-refractivity contribution < 1.29 is 0 Å². The van der Waals surface area contributed by atoms with Crippen LogP contribution in [0.2, 0.25) is 0 Å². The fraction of sp³-hybridized carbons (Fsp3) is 0. The zero-order valence-corrected chi connectivity index (χ0v) is 8.95. The summed E-state index contributed by atoms with van der Waals surface area (Å²) in [4.78, 5) is 4.36. The molecule has 1 aromatic carbocycles. The lowest BCUT2D eigenvalue weighted by molar-refractivity contribution is 1.42. The van der Waals surface area contributed by atoms with E-state index < -0.39 is 0 Å². The van der Waals surface area contributed by atoms with Crippen LogP contribution in [0.25, 0.3) is 10.9 Å². The highest BCUT2D eigenvalue weighted by Gasteiger charge is 1.98. The van der Waals surface area contributed by atoms with Crippen LogP contribution in [0.1, 0.15) is 0 Å². The zero-order valence-electron chi connectivity index (χ0n) is 6.79. The van der Waals surface area contributed by atoms with Gasteiger partial charge in [-0.2, -0.15) is 0 Å². The van der Waals surface area contributed by atoms with E-state index >= 15 is 0 Å². The predicted molar refractivity (Wildman–Crippen MR) is 63.8 cm³/mol. The van der Waals surface area contributed by atoms with Gasteiger partial charge in [-0.3, -0.25) is 0 Å². The van der Waals surface area contributed by atoms with Crippen molar-refractivity contribution in [2.24, 2.45) is 0 Å². The van der Waals surface area contributed by atoms with Crippen molar-refractivity contribution in [2.75, 3.05) is 9.26 Å². The lowest BCUT2D eigenvalue weighted by Crippen LogP contribution is -1.90. The summed E-state index contributed by atoms with van der Waals surface area (Å²) in [5.74, 6) is 0.846. The van der Waals surface area contributed by atoms with Crippen LogP contribution >= 0.6 is 22.9 Å². The number of benzene rings is 1. The summed E-state index contributed by atoms with van der Waals surface area (Å²) < 4.78 is 2.96. The molecule has 2 rings (SSSR count). The van der Waals surface area contributed by atoms with Crippen LogP contribution in [0.4, 0.5) is 11.5 Å². The van der Waals surface area contributed by atoms with E-state index in [2.05, 4.69) is 31.4 Å². The van der Waals surface area contributed by atoms with Gasteiger partial charge < -0.3 is 9.26 Å². The predicted octanol–water partition coefficient (Wildman–Crippen LogP) is 2.58. The Labute approximate surface area is 89.8 Å². The molecule has 0 spiro atoms. The summed E-state index contributed by atoms with van der Waals surface area (Å²) in [6, 6.07) is 9.61. The second-order valence-corrected chi connectivity index (χ2v) is 3.24. The van der Waals surface area contributed by atoms with Gasteiger partial charge in [-0.25, -0.2) is 4.98 Å². The van der Waals surface area contributed by atoms with E-state index in [0.717, 1.165) is 22.4 Å².